The molecule has 0 amide bonds. The van der Waals surface area contributed by atoms with Crippen molar-refractivity contribution >= 4 is 23.5 Å². The van der Waals surface area contributed by atoms with E-state index in [-0.39, 0.29) is 6.10 Å². The lowest BCUT2D eigenvalue weighted by atomic mass is 9.88. The summed E-state index contributed by atoms with van der Waals surface area (Å²) < 4.78 is 0.698. The highest BCUT2D eigenvalue weighted by Crippen LogP contribution is 2.41. The van der Waals surface area contributed by atoms with Gasteiger partial charge in [0.15, 0.2) is 0 Å². The third-order valence-electron chi connectivity index (χ3n) is 2.98. The summed E-state index contributed by atoms with van der Waals surface area (Å²) in [4.78, 5) is 0. The van der Waals surface area contributed by atoms with E-state index in [0.29, 0.717) is 10.5 Å². The van der Waals surface area contributed by atoms with Gasteiger partial charge in [-0.2, -0.15) is 0 Å². The van der Waals surface area contributed by atoms with Crippen molar-refractivity contribution in [2.24, 2.45) is 5.92 Å². The van der Waals surface area contributed by atoms with Gasteiger partial charge in [-0.25, -0.2) is 0 Å². The Morgan fingerprint density at radius 3 is 2.31 bits per heavy atom. The van der Waals surface area contributed by atoms with Crippen molar-refractivity contribution in [3.05, 3.63) is 0 Å². The van der Waals surface area contributed by atoms with Gasteiger partial charge in [-0.1, -0.05) is 12.8 Å². The molecule has 1 nitrogen and oxygen atoms in total. The molecule has 0 aromatic rings. The summed E-state index contributed by atoms with van der Waals surface area (Å²) in [7, 11) is 0. The minimum Gasteiger partial charge on any atom is -0.393 e. The third kappa shape index (κ3) is 2.57. The number of aliphatic hydroxyl groups is 1. The van der Waals surface area contributed by atoms with Crippen LogP contribution in [0.4, 0.5) is 0 Å². The summed E-state index contributed by atoms with van der Waals surface area (Å²) in [6.45, 7) is 0. The van der Waals surface area contributed by atoms with Crippen LogP contribution in [0.25, 0.3) is 0 Å². The van der Waals surface area contributed by atoms with E-state index in [0.717, 1.165) is 6.42 Å². The molecule has 1 aliphatic heterocycles. The minimum absolute atomic E-state index is 0.00292. The number of hydrogen-bond acceptors (Lipinski definition) is 3. The quantitative estimate of drug-likeness (QED) is 0.731. The fraction of sp³-hybridized carbons (Fsp3) is 1.00. The van der Waals surface area contributed by atoms with Crippen LogP contribution in [0.1, 0.15) is 32.1 Å². The van der Waals surface area contributed by atoms with Crippen molar-refractivity contribution in [1.82, 2.24) is 0 Å². The van der Waals surface area contributed by atoms with Crippen LogP contribution in [0.5, 0.6) is 0 Å². The Morgan fingerprint density at radius 2 is 1.62 bits per heavy atom. The van der Waals surface area contributed by atoms with Crippen molar-refractivity contribution in [2.75, 3.05) is 11.5 Å². The Hall–Kier alpha value is 0.660. The lowest BCUT2D eigenvalue weighted by Crippen LogP contribution is -2.32. The second kappa shape index (κ2) is 4.94. The van der Waals surface area contributed by atoms with Crippen LogP contribution in [-0.2, 0) is 0 Å². The SMILES string of the molecule is O[C@@H]1CCCC[C@H]1C1SCCCS1. The molecule has 1 saturated carbocycles. The first kappa shape index (κ1) is 10.2. The maximum Gasteiger partial charge on any atom is 0.0587 e. The molecule has 0 radical (unpaired) electrons. The Bertz CT molecular complexity index is 157. The first-order valence-electron chi connectivity index (χ1n) is 5.29. The van der Waals surface area contributed by atoms with Crippen molar-refractivity contribution in [2.45, 2.75) is 42.8 Å². The molecule has 13 heavy (non-hydrogen) atoms. The fourth-order valence-electron chi connectivity index (χ4n) is 2.21. The van der Waals surface area contributed by atoms with E-state index in [2.05, 4.69) is 23.5 Å². The molecule has 2 aliphatic rings. The number of aliphatic hydroxyl groups excluding tert-OH is 1. The normalized spacial score (nSPS) is 37.6. The summed E-state index contributed by atoms with van der Waals surface area (Å²) in [5.74, 6) is 3.20. The molecule has 0 unspecified atom stereocenters. The van der Waals surface area contributed by atoms with Crippen LogP contribution in [0.3, 0.4) is 0 Å². The zero-order valence-electron chi connectivity index (χ0n) is 7.95. The highest BCUT2D eigenvalue weighted by atomic mass is 32.2. The average Bonchev–Trinajstić information content (AvgIpc) is 2.20. The summed E-state index contributed by atoms with van der Waals surface area (Å²) in [5, 5.41) is 9.89. The molecule has 2 atom stereocenters. The molecule has 0 aromatic carbocycles. The van der Waals surface area contributed by atoms with E-state index in [1.54, 1.807) is 0 Å². The Kier molecular flexibility index (Phi) is 3.87. The lowest BCUT2D eigenvalue weighted by molar-refractivity contribution is 0.0780. The standard InChI is InChI=1S/C10H18OS2/c11-9-5-2-1-4-8(9)10-12-6-3-7-13-10/h8-11H,1-7H2/t8-,9-/m1/s1. The average molecular weight is 218 g/mol. The molecule has 0 spiro atoms. The smallest absolute Gasteiger partial charge is 0.0587 e. The van der Waals surface area contributed by atoms with E-state index in [1.165, 1.54) is 37.2 Å². The first-order valence-corrected chi connectivity index (χ1v) is 7.39. The van der Waals surface area contributed by atoms with E-state index < -0.39 is 0 Å². The molecule has 1 saturated heterocycles. The number of thioether (sulfide) groups is 2. The summed E-state index contributed by atoms with van der Waals surface area (Å²) in [5.41, 5.74) is 0. The summed E-state index contributed by atoms with van der Waals surface area (Å²) in [6, 6.07) is 0. The lowest BCUT2D eigenvalue weighted by Gasteiger charge is -2.35. The monoisotopic (exact) mass is 218 g/mol. The van der Waals surface area contributed by atoms with Gasteiger partial charge < -0.3 is 5.11 Å². The van der Waals surface area contributed by atoms with E-state index >= 15 is 0 Å². The molecule has 1 N–H and O–H groups in total. The predicted molar refractivity (Wildman–Crippen MR) is 61.3 cm³/mol. The van der Waals surface area contributed by atoms with Gasteiger partial charge in [0, 0.05) is 5.92 Å². The van der Waals surface area contributed by atoms with E-state index in [1.807, 2.05) is 0 Å². The van der Waals surface area contributed by atoms with E-state index in [4.69, 9.17) is 0 Å². The van der Waals surface area contributed by atoms with Crippen LogP contribution in [0.2, 0.25) is 0 Å². The van der Waals surface area contributed by atoms with Crippen molar-refractivity contribution in [3.63, 3.8) is 0 Å². The molecule has 2 fully saturated rings. The molecular weight excluding hydrogens is 200 g/mol. The topological polar surface area (TPSA) is 20.2 Å². The summed E-state index contributed by atoms with van der Waals surface area (Å²) in [6.07, 6.45) is 6.22. The number of rotatable bonds is 1. The van der Waals surface area contributed by atoms with Gasteiger partial charge in [0.25, 0.3) is 0 Å². The van der Waals surface area contributed by atoms with Gasteiger partial charge in [-0.3, -0.25) is 0 Å². The van der Waals surface area contributed by atoms with Crippen molar-refractivity contribution < 1.29 is 5.11 Å². The highest BCUT2D eigenvalue weighted by Gasteiger charge is 2.32. The molecule has 1 heterocycles. The summed E-state index contributed by atoms with van der Waals surface area (Å²) >= 11 is 4.15. The second-order valence-electron chi connectivity index (χ2n) is 3.98. The molecule has 0 bridgehead atoms. The molecule has 1 aliphatic carbocycles. The maximum absolute atomic E-state index is 9.89. The van der Waals surface area contributed by atoms with Gasteiger partial charge in [0.2, 0.25) is 0 Å². The Labute approximate surface area is 89.1 Å². The maximum atomic E-state index is 9.89. The molecule has 76 valence electrons. The van der Waals surface area contributed by atoms with Gasteiger partial charge >= 0.3 is 0 Å². The second-order valence-corrected chi connectivity index (χ2v) is 6.78. The molecule has 3 heteroatoms. The minimum atomic E-state index is -0.00292. The van der Waals surface area contributed by atoms with Crippen LogP contribution in [0, 0.1) is 5.92 Å². The van der Waals surface area contributed by atoms with Gasteiger partial charge in [0.1, 0.15) is 0 Å². The van der Waals surface area contributed by atoms with Crippen LogP contribution in [0.15, 0.2) is 0 Å². The third-order valence-corrected chi connectivity index (χ3v) is 6.21. The van der Waals surface area contributed by atoms with Gasteiger partial charge in [0.05, 0.1) is 10.7 Å². The molecule has 0 aromatic heterocycles. The van der Waals surface area contributed by atoms with Crippen molar-refractivity contribution in [3.8, 4) is 0 Å². The van der Waals surface area contributed by atoms with Gasteiger partial charge in [-0.05, 0) is 30.8 Å². The number of hydrogen-bond donors (Lipinski definition) is 1. The van der Waals surface area contributed by atoms with Gasteiger partial charge in [-0.15, -0.1) is 23.5 Å². The van der Waals surface area contributed by atoms with Crippen LogP contribution >= 0.6 is 23.5 Å². The predicted octanol–water partition coefficient (Wildman–Crippen LogP) is 2.73. The van der Waals surface area contributed by atoms with Crippen LogP contribution in [-0.4, -0.2) is 27.3 Å². The highest BCUT2D eigenvalue weighted by molar-refractivity contribution is 8.17. The first-order chi connectivity index (χ1) is 6.38. The van der Waals surface area contributed by atoms with E-state index in [9.17, 15) is 5.11 Å². The Balaban J connectivity index is 1.88. The largest absolute Gasteiger partial charge is 0.393 e. The Morgan fingerprint density at radius 1 is 0.923 bits per heavy atom. The zero-order valence-corrected chi connectivity index (χ0v) is 9.58. The molecular formula is C10H18OS2. The zero-order chi connectivity index (χ0) is 9.10. The van der Waals surface area contributed by atoms with Crippen molar-refractivity contribution in [1.29, 1.82) is 0 Å². The molecule has 2 rings (SSSR count). The van der Waals surface area contributed by atoms with Crippen LogP contribution < -0.4 is 0 Å². The fourth-order valence-corrected chi connectivity index (χ4v) is 5.57.